The van der Waals surface area contributed by atoms with Crippen molar-refractivity contribution in [3.63, 3.8) is 0 Å². The molecular formula is C18H14ClN3S. The summed E-state index contributed by atoms with van der Waals surface area (Å²) in [6, 6.07) is 14.4. The SMILES string of the molecule is Clc1ccc2[nH]c3c(c2c1)CCN(c1nc2ccccc2s1)C3. The van der Waals surface area contributed by atoms with E-state index in [1.807, 2.05) is 12.1 Å². The van der Waals surface area contributed by atoms with Gasteiger partial charge in [0.2, 0.25) is 0 Å². The van der Waals surface area contributed by atoms with Gasteiger partial charge in [0.25, 0.3) is 0 Å². The van der Waals surface area contributed by atoms with Crippen LogP contribution >= 0.6 is 22.9 Å². The lowest BCUT2D eigenvalue weighted by molar-refractivity contribution is 0.722. The highest BCUT2D eigenvalue weighted by Crippen LogP contribution is 2.34. The van der Waals surface area contributed by atoms with E-state index in [0.717, 1.165) is 35.2 Å². The topological polar surface area (TPSA) is 31.9 Å². The molecule has 114 valence electrons. The fraction of sp³-hybridized carbons (Fsp3) is 0.167. The number of aromatic nitrogens is 2. The molecule has 4 aromatic rings. The zero-order valence-electron chi connectivity index (χ0n) is 12.3. The number of nitrogens with zero attached hydrogens (tertiary/aromatic N) is 2. The van der Waals surface area contributed by atoms with Gasteiger partial charge in [0.1, 0.15) is 0 Å². The van der Waals surface area contributed by atoms with Gasteiger partial charge in [0.05, 0.1) is 16.8 Å². The number of halogens is 1. The molecule has 5 heteroatoms. The fourth-order valence-electron chi connectivity index (χ4n) is 3.37. The van der Waals surface area contributed by atoms with Crippen molar-refractivity contribution in [2.24, 2.45) is 0 Å². The minimum atomic E-state index is 0.799. The van der Waals surface area contributed by atoms with E-state index in [9.17, 15) is 0 Å². The van der Waals surface area contributed by atoms with Crippen molar-refractivity contribution < 1.29 is 0 Å². The van der Waals surface area contributed by atoms with Crippen molar-refractivity contribution in [1.82, 2.24) is 9.97 Å². The van der Waals surface area contributed by atoms with E-state index in [0.29, 0.717) is 0 Å². The van der Waals surface area contributed by atoms with E-state index >= 15 is 0 Å². The average Bonchev–Trinajstić information content (AvgIpc) is 3.15. The number of para-hydroxylation sites is 1. The Hall–Kier alpha value is -2.04. The summed E-state index contributed by atoms with van der Waals surface area (Å²) in [5, 5.41) is 3.16. The first-order valence-electron chi connectivity index (χ1n) is 7.67. The Labute approximate surface area is 142 Å². The molecule has 0 bridgehead atoms. The van der Waals surface area contributed by atoms with E-state index < -0.39 is 0 Å². The van der Waals surface area contributed by atoms with Crippen LogP contribution in [0.15, 0.2) is 42.5 Å². The van der Waals surface area contributed by atoms with E-state index in [4.69, 9.17) is 16.6 Å². The lowest BCUT2D eigenvalue weighted by Crippen LogP contribution is -2.29. The van der Waals surface area contributed by atoms with Crippen molar-refractivity contribution >= 4 is 49.2 Å². The number of hydrogen-bond acceptors (Lipinski definition) is 3. The highest BCUT2D eigenvalue weighted by molar-refractivity contribution is 7.22. The zero-order chi connectivity index (χ0) is 15.4. The molecule has 0 atom stereocenters. The number of fused-ring (bicyclic) bond motifs is 4. The van der Waals surface area contributed by atoms with Crippen LogP contribution in [-0.2, 0) is 13.0 Å². The van der Waals surface area contributed by atoms with Gasteiger partial charge < -0.3 is 9.88 Å². The third kappa shape index (κ3) is 2.13. The molecule has 0 spiro atoms. The molecular weight excluding hydrogens is 326 g/mol. The maximum Gasteiger partial charge on any atom is 0.186 e. The van der Waals surface area contributed by atoms with E-state index in [1.165, 1.54) is 26.9 Å². The molecule has 0 amide bonds. The number of anilines is 1. The van der Waals surface area contributed by atoms with Crippen LogP contribution in [0.2, 0.25) is 5.02 Å². The van der Waals surface area contributed by atoms with Crippen LogP contribution in [0, 0.1) is 0 Å². The van der Waals surface area contributed by atoms with Crippen molar-refractivity contribution in [2.45, 2.75) is 13.0 Å². The van der Waals surface area contributed by atoms with Crippen LogP contribution in [0.4, 0.5) is 5.13 Å². The predicted octanol–water partition coefficient (Wildman–Crippen LogP) is 4.99. The fourth-order valence-corrected chi connectivity index (χ4v) is 4.53. The molecule has 0 saturated heterocycles. The van der Waals surface area contributed by atoms with E-state index in [2.05, 4.69) is 40.2 Å². The molecule has 1 N–H and O–H groups in total. The van der Waals surface area contributed by atoms with Crippen LogP contribution in [-0.4, -0.2) is 16.5 Å². The quantitative estimate of drug-likeness (QED) is 0.529. The number of nitrogens with one attached hydrogen (secondary N) is 1. The Bertz CT molecular complexity index is 1000. The third-order valence-electron chi connectivity index (χ3n) is 4.49. The van der Waals surface area contributed by atoms with Crippen molar-refractivity contribution in [1.29, 1.82) is 0 Å². The molecule has 1 aliphatic rings. The van der Waals surface area contributed by atoms with Crippen molar-refractivity contribution in [3.8, 4) is 0 Å². The van der Waals surface area contributed by atoms with Gasteiger partial charge in [-0.15, -0.1) is 0 Å². The van der Waals surface area contributed by atoms with Crippen LogP contribution in [0.5, 0.6) is 0 Å². The summed E-state index contributed by atoms with van der Waals surface area (Å²) in [7, 11) is 0. The molecule has 0 radical (unpaired) electrons. The number of H-pyrrole nitrogens is 1. The molecule has 0 aliphatic carbocycles. The first-order valence-corrected chi connectivity index (χ1v) is 8.87. The summed E-state index contributed by atoms with van der Waals surface area (Å²) in [6.45, 7) is 1.87. The number of rotatable bonds is 1. The molecule has 3 heterocycles. The van der Waals surface area contributed by atoms with Gasteiger partial charge in [-0.2, -0.15) is 0 Å². The molecule has 5 rings (SSSR count). The summed E-state index contributed by atoms with van der Waals surface area (Å²) in [5.41, 5.74) is 4.94. The van der Waals surface area contributed by atoms with Crippen molar-refractivity contribution in [2.75, 3.05) is 11.4 Å². The van der Waals surface area contributed by atoms with Gasteiger partial charge in [0.15, 0.2) is 5.13 Å². The molecule has 2 aromatic heterocycles. The lowest BCUT2D eigenvalue weighted by Gasteiger charge is -2.26. The van der Waals surface area contributed by atoms with Crippen LogP contribution in [0.25, 0.3) is 21.1 Å². The number of hydrogen-bond donors (Lipinski definition) is 1. The minimum absolute atomic E-state index is 0.799. The monoisotopic (exact) mass is 339 g/mol. The van der Waals surface area contributed by atoms with Gasteiger partial charge in [-0.25, -0.2) is 4.98 Å². The average molecular weight is 340 g/mol. The maximum absolute atomic E-state index is 6.16. The predicted molar refractivity (Wildman–Crippen MR) is 97.7 cm³/mol. The van der Waals surface area contributed by atoms with E-state index in [-0.39, 0.29) is 0 Å². The molecule has 0 fully saturated rings. The molecule has 0 unspecified atom stereocenters. The van der Waals surface area contributed by atoms with Gasteiger partial charge in [-0.05, 0) is 42.3 Å². The Morgan fingerprint density at radius 3 is 3.00 bits per heavy atom. The van der Waals surface area contributed by atoms with Gasteiger partial charge in [0, 0.05) is 28.2 Å². The first-order chi connectivity index (χ1) is 11.3. The number of benzene rings is 2. The molecule has 2 aromatic carbocycles. The summed E-state index contributed by atoms with van der Waals surface area (Å²) in [6.07, 6.45) is 1.02. The summed E-state index contributed by atoms with van der Waals surface area (Å²) in [4.78, 5) is 10.7. The maximum atomic E-state index is 6.16. The van der Waals surface area contributed by atoms with Crippen LogP contribution in [0.1, 0.15) is 11.3 Å². The zero-order valence-corrected chi connectivity index (χ0v) is 13.9. The second-order valence-electron chi connectivity index (χ2n) is 5.91. The van der Waals surface area contributed by atoms with E-state index in [1.54, 1.807) is 11.3 Å². The summed E-state index contributed by atoms with van der Waals surface area (Å²) >= 11 is 7.92. The Kier molecular flexibility index (Phi) is 2.90. The largest absolute Gasteiger partial charge is 0.357 e. The Balaban J connectivity index is 1.55. The standard InChI is InChI=1S/C18H14ClN3S/c19-11-5-6-14-13(9-11)12-7-8-22(10-16(12)20-14)18-21-15-3-1-2-4-17(15)23-18/h1-6,9,20H,7-8,10H2. The summed E-state index contributed by atoms with van der Waals surface area (Å²) < 4.78 is 1.25. The van der Waals surface area contributed by atoms with Crippen LogP contribution < -0.4 is 4.90 Å². The molecule has 1 aliphatic heterocycles. The highest BCUT2D eigenvalue weighted by atomic mass is 35.5. The smallest absolute Gasteiger partial charge is 0.186 e. The first kappa shape index (κ1) is 13.4. The number of thiazole rings is 1. The minimum Gasteiger partial charge on any atom is -0.357 e. The van der Waals surface area contributed by atoms with Crippen molar-refractivity contribution in [3.05, 3.63) is 58.7 Å². The Morgan fingerprint density at radius 2 is 2.09 bits per heavy atom. The number of aromatic amines is 1. The lowest BCUT2D eigenvalue weighted by atomic mass is 10.0. The normalized spacial score (nSPS) is 14.6. The van der Waals surface area contributed by atoms with Crippen LogP contribution in [0.3, 0.4) is 0 Å². The van der Waals surface area contributed by atoms with Gasteiger partial charge >= 0.3 is 0 Å². The third-order valence-corrected chi connectivity index (χ3v) is 5.82. The highest BCUT2D eigenvalue weighted by Gasteiger charge is 2.22. The molecule has 0 saturated carbocycles. The molecule has 3 nitrogen and oxygen atoms in total. The van der Waals surface area contributed by atoms with Gasteiger partial charge in [-0.1, -0.05) is 35.1 Å². The second-order valence-corrected chi connectivity index (χ2v) is 7.35. The Morgan fingerprint density at radius 1 is 1.17 bits per heavy atom. The second kappa shape index (κ2) is 4.98. The summed E-state index contributed by atoms with van der Waals surface area (Å²) in [5.74, 6) is 0. The van der Waals surface area contributed by atoms with Gasteiger partial charge in [-0.3, -0.25) is 0 Å². The molecule has 23 heavy (non-hydrogen) atoms.